The quantitative estimate of drug-likeness (QED) is 0.167. The van der Waals surface area contributed by atoms with Gasteiger partial charge in [-0.1, -0.05) is 259 Å². The van der Waals surface area contributed by atoms with Gasteiger partial charge in [0.25, 0.3) is 0 Å². The van der Waals surface area contributed by atoms with E-state index in [0.29, 0.717) is 0 Å². The van der Waals surface area contributed by atoms with Crippen LogP contribution in [0, 0.1) is 6.92 Å². The third kappa shape index (κ3) is 12.9. The van der Waals surface area contributed by atoms with E-state index < -0.39 is 0 Å². The summed E-state index contributed by atoms with van der Waals surface area (Å²) in [7, 11) is 0. The predicted octanol–water partition coefficient (Wildman–Crippen LogP) is 21.9. The lowest BCUT2D eigenvalue weighted by Crippen LogP contribution is -2.13. The number of nitrogens with zero attached hydrogens (tertiary/aromatic N) is 3. The van der Waals surface area contributed by atoms with E-state index in [1.165, 1.54) is 99.9 Å². The normalized spacial score (nSPS) is 11.8. The lowest BCUT2D eigenvalue weighted by atomic mass is 9.87. The van der Waals surface area contributed by atoms with Gasteiger partial charge in [0, 0.05) is 50.0 Å². The van der Waals surface area contributed by atoms with Crippen LogP contribution < -0.4 is 4.90 Å². The van der Waals surface area contributed by atoms with Crippen LogP contribution in [-0.2, 0) is 21.7 Å². The molecule has 0 aliphatic heterocycles. The highest BCUT2D eigenvalue weighted by Gasteiger charge is 2.19. The third-order valence-corrected chi connectivity index (χ3v) is 15.1. The molecule has 0 N–H and O–H groups in total. The SMILES string of the molecule is CC(C)(C)c1ccc(-n2c3ccccc3c3ccccc32)cc1.CC(C)(C)c1ccc(N(c2ccccc2)c2ccccc2)cc1.CC(C)(C)c1cccc(-n2c3ccccc3c3ccccc32)c1.Cc1ccc(C(C)(C)C)cc1. The second-order valence-electron chi connectivity index (χ2n) is 25.3. The molecule has 0 unspecified atom stereocenters. The average molecular weight is 1050 g/mol. The summed E-state index contributed by atoms with van der Waals surface area (Å²) in [5.74, 6) is 0. The maximum Gasteiger partial charge on any atom is 0.0541 e. The van der Waals surface area contributed by atoms with Crippen molar-refractivity contribution in [3.63, 3.8) is 0 Å². The van der Waals surface area contributed by atoms with Crippen molar-refractivity contribution in [2.75, 3.05) is 4.90 Å². The van der Waals surface area contributed by atoms with Crippen LogP contribution in [0.1, 0.15) is 111 Å². The molecule has 2 aromatic heterocycles. The molecule has 3 heteroatoms. The standard InChI is InChI=1S/2C22H21N.C22H23N.C11H16/c1-22(2,3)16-9-8-10-17(15-16)23-20-13-6-4-11-18(20)19-12-5-7-14-21(19)23;1-22(2,3)16-12-14-17(15-13-16)23-20-10-6-4-8-18(20)19-9-5-7-11-21(19)23;1-22(2,3)18-14-16-21(17-15-18)23(19-10-6-4-7-11-19)20-12-8-5-9-13-20;1-9-5-7-10(8-6-9)11(2,3)4/h2*4-15H,1-3H3;4-17H,1-3H3;5-8H,1-4H3. The van der Waals surface area contributed by atoms with Gasteiger partial charge in [0.1, 0.15) is 0 Å². The van der Waals surface area contributed by atoms with Crippen LogP contribution in [0.2, 0.25) is 0 Å². The maximum absolute atomic E-state index is 2.37. The Bertz CT molecular complexity index is 3800. The summed E-state index contributed by atoms with van der Waals surface area (Å²) in [5.41, 5.74) is 18.6. The molecule has 0 aliphatic rings. The Kier molecular flexibility index (Phi) is 16.6. The smallest absolute Gasteiger partial charge is 0.0541 e. The molecule has 12 rings (SSSR count). The van der Waals surface area contributed by atoms with Gasteiger partial charge in [-0.3, -0.25) is 0 Å². The topological polar surface area (TPSA) is 13.1 Å². The first-order chi connectivity index (χ1) is 38.2. The summed E-state index contributed by atoms with van der Waals surface area (Å²) in [6, 6.07) is 91.0. The van der Waals surface area contributed by atoms with E-state index in [2.05, 4.69) is 359 Å². The maximum atomic E-state index is 2.37. The Hall–Kier alpha value is -8.40. The van der Waals surface area contributed by atoms with Crippen molar-refractivity contribution in [2.24, 2.45) is 0 Å². The van der Waals surface area contributed by atoms with Gasteiger partial charge < -0.3 is 14.0 Å². The van der Waals surface area contributed by atoms with Gasteiger partial charge in [0.2, 0.25) is 0 Å². The number of benzene rings is 10. The number of anilines is 3. The fraction of sp³-hybridized carbons (Fsp3) is 0.221. The Morgan fingerprint density at radius 1 is 0.250 bits per heavy atom. The van der Waals surface area contributed by atoms with E-state index in [0.717, 1.165) is 0 Å². The molecule has 2 heterocycles. The van der Waals surface area contributed by atoms with Crippen LogP contribution in [-0.4, -0.2) is 9.13 Å². The van der Waals surface area contributed by atoms with Gasteiger partial charge in [-0.05, 0) is 136 Å². The largest absolute Gasteiger partial charge is 0.311 e. The van der Waals surface area contributed by atoms with Crippen LogP contribution >= 0.6 is 0 Å². The van der Waals surface area contributed by atoms with Gasteiger partial charge in [0.05, 0.1) is 22.1 Å². The Balaban J connectivity index is 0.000000133. The molecule has 404 valence electrons. The zero-order chi connectivity index (χ0) is 56.8. The molecule has 0 fully saturated rings. The molecule has 0 amide bonds. The van der Waals surface area contributed by atoms with Crippen molar-refractivity contribution < 1.29 is 0 Å². The van der Waals surface area contributed by atoms with Gasteiger partial charge in [-0.15, -0.1) is 0 Å². The van der Waals surface area contributed by atoms with Crippen molar-refractivity contribution >= 4 is 60.7 Å². The minimum absolute atomic E-state index is 0.148. The first kappa shape index (κ1) is 56.3. The Morgan fingerprint density at radius 3 is 0.912 bits per heavy atom. The van der Waals surface area contributed by atoms with Crippen LogP contribution in [0.5, 0.6) is 0 Å². The van der Waals surface area contributed by atoms with E-state index in [9.17, 15) is 0 Å². The number of fused-ring (bicyclic) bond motifs is 6. The summed E-state index contributed by atoms with van der Waals surface area (Å²) >= 11 is 0. The molecule has 0 saturated carbocycles. The fourth-order valence-electron chi connectivity index (χ4n) is 10.4. The zero-order valence-corrected chi connectivity index (χ0v) is 49.6. The minimum Gasteiger partial charge on any atom is -0.311 e. The number of rotatable bonds is 5. The lowest BCUT2D eigenvalue weighted by molar-refractivity contribution is 0.589. The molecule has 10 aromatic carbocycles. The predicted molar refractivity (Wildman–Crippen MR) is 349 cm³/mol. The Morgan fingerprint density at radius 2 is 0.550 bits per heavy atom. The average Bonchev–Trinajstić information content (AvgIpc) is 4.05. The van der Waals surface area contributed by atoms with Crippen molar-refractivity contribution in [3.05, 3.63) is 283 Å². The van der Waals surface area contributed by atoms with E-state index >= 15 is 0 Å². The van der Waals surface area contributed by atoms with E-state index in [4.69, 9.17) is 0 Å². The van der Waals surface area contributed by atoms with Crippen LogP contribution in [0.4, 0.5) is 17.1 Å². The second kappa shape index (κ2) is 23.5. The summed E-state index contributed by atoms with van der Waals surface area (Å²) in [6.07, 6.45) is 0. The monoisotopic (exact) mass is 1050 g/mol. The highest BCUT2D eigenvalue weighted by atomic mass is 15.1. The third-order valence-electron chi connectivity index (χ3n) is 15.1. The Labute approximate surface area is 477 Å². The zero-order valence-electron chi connectivity index (χ0n) is 49.6. The van der Waals surface area contributed by atoms with Crippen LogP contribution in [0.25, 0.3) is 55.0 Å². The van der Waals surface area contributed by atoms with E-state index in [-0.39, 0.29) is 21.7 Å². The highest BCUT2D eigenvalue weighted by molar-refractivity contribution is 6.10. The number of hydrogen-bond acceptors (Lipinski definition) is 1. The number of aryl methyl sites for hydroxylation is 1. The lowest BCUT2D eigenvalue weighted by Gasteiger charge is -2.26. The second-order valence-corrected chi connectivity index (χ2v) is 25.3. The van der Waals surface area contributed by atoms with Crippen LogP contribution in [0.3, 0.4) is 0 Å². The number of aromatic nitrogens is 2. The highest BCUT2D eigenvalue weighted by Crippen LogP contribution is 2.37. The molecular weight excluding hydrogens is 967 g/mol. The molecule has 80 heavy (non-hydrogen) atoms. The summed E-state index contributed by atoms with van der Waals surface area (Å²) in [6.45, 7) is 29.1. The van der Waals surface area contributed by atoms with E-state index in [1.54, 1.807) is 0 Å². The first-order valence-corrected chi connectivity index (χ1v) is 28.4. The van der Waals surface area contributed by atoms with Gasteiger partial charge in [0.15, 0.2) is 0 Å². The summed E-state index contributed by atoms with van der Waals surface area (Å²) < 4.78 is 4.73. The van der Waals surface area contributed by atoms with Crippen LogP contribution in [0.15, 0.2) is 255 Å². The first-order valence-electron chi connectivity index (χ1n) is 28.4. The molecular formula is C77H81N3. The van der Waals surface area contributed by atoms with Gasteiger partial charge in [-0.25, -0.2) is 0 Å². The summed E-state index contributed by atoms with van der Waals surface area (Å²) in [5, 5.41) is 5.24. The van der Waals surface area contributed by atoms with Gasteiger partial charge in [-0.2, -0.15) is 0 Å². The minimum atomic E-state index is 0.148. The molecule has 0 saturated heterocycles. The van der Waals surface area contributed by atoms with Crippen molar-refractivity contribution in [2.45, 2.75) is 112 Å². The molecule has 0 atom stereocenters. The van der Waals surface area contributed by atoms with Crippen molar-refractivity contribution in [3.8, 4) is 11.4 Å². The van der Waals surface area contributed by atoms with Gasteiger partial charge >= 0.3 is 0 Å². The molecule has 0 spiro atoms. The number of hydrogen-bond donors (Lipinski definition) is 0. The molecule has 0 radical (unpaired) electrons. The molecule has 0 aliphatic carbocycles. The molecule has 3 nitrogen and oxygen atoms in total. The fourth-order valence-corrected chi connectivity index (χ4v) is 10.4. The molecule has 0 bridgehead atoms. The molecule has 12 aromatic rings. The summed E-state index contributed by atoms with van der Waals surface area (Å²) in [4.78, 5) is 2.28. The van der Waals surface area contributed by atoms with E-state index in [1.807, 2.05) is 0 Å². The van der Waals surface area contributed by atoms with Crippen molar-refractivity contribution in [1.82, 2.24) is 9.13 Å². The van der Waals surface area contributed by atoms with Crippen molar-refractivity contribution in [1.29, 1.82) is 0 Å². The number of para-hydroxylation sites is 6.